The van der Waals surface area contributed by atoms with Crippen LogP contribution in [0.2, 0.25) is 0 Å². The van der Waals surface area contributed by atoms with Gasteiger partial charge < -0.3 is 15.7 Å². The Bertz CT molecular complexity index is 437. The van der Waals surface area contributed by atoms with Crippen LogP contribution in [0, 0.1) is 11.7 Å². The second-order valence-electron chi connectivity index (χ2n) is 4.30. The molecule has 1 fully saturated rings. The van der Waals surface area contributed by atoms with Gasteiger partial charge in [0, 0.05) is 19.2 Å². The Morgan fingerprint density at radius 1 is 1.59 bits per heavy atom. The molecule has 3 N–H and O–H groups in total. The minimum absolute atomic E-state index is 0.143. The molecule has 2 rings (SSSR count). The van der Waals surface area contributed by atoms with Gasteiger partial charge in [-0.05, 0) is 31.0 Å². The number of phenolic OH excluding ortho intramolecular Hbond substituents is 1. The summed E-state index contributed by atoms with van der Waals surface area (Å²) in [6, 6.07) is 3.43. The van der Waals surface area contributed by atoms with E-state index in [0.29, 0.717) is 25.6 Å². The summed E-state index contributed by atoms with van der Waals surface area (Å²) in [5.74, 6) is -0.813. The van der Waals surface area contributed by atoms with Crippen LogP contribution in [0.4, 0.5) is 4.39 Å². The number of nitrogens with zero attached hydrogens (tertiary/aromatic N) is 1. The van der Waals surface area contributed by atoms with Crippen molar-refractivity contribution in [3.8, 4) is 5.75 Å². The van der Waals surface area contributed by atoms with E-state index in [1.54, 1.807) is 4.90 Å². The van der Waals surface area contributed by atoms with Crippen molar-refractivity contribution < 1.29 is 14.3 Å². The van der Waals surface area contributed by atoms with Crippen molar-refractivity contribution in [2.24, 2.45) is 11.7 Å². The van der Waals surface area contributed by atoms with Gasteiger partial charge in [-0.3, -0.25) is 4.79 Å². The SMILES string of the molecule is NCC1CCN(C(=O)c2ccc(F)cc2O)C1. The van der Waals surface area contributed by atoms with Crippen molar-refractivity contribution in [2.45, 2.75) is 6.42 Å². The van der Waals surface area contributed by atoms with Crippen LogP contribution in [0.1, 0.15) is 16.8 Å². The normalized spacial score (nSPS) is 19.6. The Labute approximate surface area is 98.8 Å². The molecule has 1 saturated heterocycles. The molecular formula is C12H15FN2O2. The molecule has 92 valence electrons. The quantitative estimate of drug-likeness (QED) is 0.806. The van der Waals surface area contributed by atoms with Gasteiger partial charge in [-0.1, -0.05) is 0 Å². The predicted molar refractivity (Wildman–Crippen MR) is 61.1 cm³/mol. The van der Waals surface area contributed by atoms with Gasteiger partial charge in [0.2, 0.25) is 0 Å². The third kappa shape index (κ3) is 2.39. The molecule has 0 aliphatic carbocycles. The molecule has 1 aliphatic rings. The number of halogens is 1. The van der Waals surface area contributed by atoms with Gasteiger partial charge >= 0.3 is 0 Å². The number of carbonyl (C=O) groups is 1. The van der Waals surface area contributed by atoms with Crippen LogP contribution in [0.15, 0.2) is 18.2 Å². The average Bonchev–Trinajstić information content (AvgIpc) is 2.76. The molecule has 17 heavy (non-hydrogen) atoms. The average molecular weight is 238 g/mol. The molecule has 1 atom stereocenters. The van der Waals surface area contributed by atoms with Crippen LogP contribution < -0.4 is 5.73 Å². The molecule has 1 amide bonds. The summed E-state index contributed by atoms with van der Waals surface area (Å²) in [5, 5.41) is 9.53. The highest BCUT2D eigenvalue weighted by atomic mass is 19.1. The van der Waals surface area contributed by atoms with Crippen molar-refractivity contribution >= 4 is 5.91 Å². The smallest absolute Gasteiger partial charge is 0.257 e. The minimum Gasteiger partial charge on any atom is -0.507 e. The Morgan fingerprint density at radius 2 is 2.35 bits per heavy atom. The van der Waals surface area contributed by atoms with Gasteiger partial charge in [-0.2, -0.15) is 0 Å². The highest BCUT2D eigenvalue weighted by Crippen LogP contribution is 2.23. The standard InChI is InChI=1S/C12H15FN2O2/c13-9-1-2-10(11(16)5-9)12(17)15-4-3-8(6-14)7-15/h1-2,5,8,16H,3-4,6-7,14H2. The van der Waals surface area contributed by atoms with E-state index < -0.39 is 5.82 Å². The lowest BCUT2D eigenvalue weighted by atomic mass is 10.1. The van der Waals surface area contributed by atoms with E-state index in [1.165, 1.54) is 12.1 Å². The largest absolute Gasteiger partial charge is 0.507 e. The fourth-order valence-electron chi connectivity index (χ4n) is 2.07. The van der Waals surface area contributed by atoms with E-state index in [2.05, 4.69) is 0 Å². The molecule has 0 spiro atoms. The summed E-state index contributed by atoms with van der Waals surface area (Å²) in [6.45, 7) is 1.79. The third-order valence-electron chi connectivity index (χ3n) is 3.10. The number of carbonyl (C=O) groups excluding carboxylic acids is 1. The molecule has 1 heterocycles. The molecule has 0 saturated carbocycles. The highest BCUT2D eigenvalue weighted by Gasteiger charge is 2.27. The predicted octanol–water partition coefficient (Wildman–Crippen LogP) is 0.952. The van der Waals surface area contributed by atoms with Gasteiger partial charge in [0.05, 0.1) is 5.56 Å². The molecule has 5 heteroatoms. The summed E-state index contributed by atoms with van der Waals surface area (Å²) < 4.78 is 12.8. The Morgan fingerprint density at radius 3 is 2.94 bits per heavy atom. The van der Waals surface area contributed by atoms with Crippen LogP contribution in [0.5, 0.6) is 5.75 Å². The number of likely N-dealkylation sites (tertiary alicyclic amines) is 1. The first-order valence-electron chi connectivity index (χ1n) is 5.59. The van der Waals surface area contributed by atoms with Crippen molar-refractivity contribution in [1.29, 1.82) is 0 Å². The Kier molecular flexibility index (Phi) is 3.28. The molecule has 4 nitrogen and oxygen atoms in total. The van der Waals surface area contributed by atoms with Gasteiger partial charge in [-0.25, -0.2) is 4.39 Å². The minimum atomic E-state index is -0.555. The lowest BCUT2D eigenvalue weighted by Crippen LogP contribution is -2.29. The summed E-state index contributed by atoms with van der Waals surface area (Å²) in [7, 11) is 0. The van der Waals surface area contributed by atoms with E-state index in [1.807, 2.05) is 0 Å². The molecule has 1 aromatic carbocycles. The fraction of sp³-hybridized carbons (Fsp3) is 0.417. The maximum absolute atomic E-state index is 12.8. The maximum Gasteiger partial charge on any atom is 0.257 e. The van der Waals surface area contributed by atoms with Crippen LogP contribution in [0.3, 0.4) is 0 Å². The molecule has 1 unspecified atom stereocenters. The van der Waals surface area contributed by atoms with Crippen LogP contribution >= 0.6 is 0 Å². The number of hydrogen-bond donors (Lipinski definition) is 2. The second-order valence-corrected chi connectivity index (χ2v) is 4.30. The van der Waals surface area contributed by atoms with E-state index in [0.717, 1.165) is 12.5 Å². The number of benzene rings is 1. The molecule has 0 radical (unpaired) electrons. The Balaban J connectivity index is 2.15. The van der Waals surface area contributed by atoms with E-state index in [-0.39, 0.29) is 17.2 Å². The number of nitrogens with two attached hydrogens (primary N) is 1. The first kappa shape index (κ1) is 11.9. The summed E-state index contributed by atoms with van der Waals surface area (Å²) in [6.07, 6.45) is 0.879. The lowest BCUT2D eigenvalue weighted by molar-refractivity contribution is 0.0784. The number of aromatic hydroxyl groups is 1. The van der Waals surface area contributed by atoms with Crippen molar-refractivity contribution in [3.63, 3.8) is 0 Å². The van der Waals surface area contributed by atoms with Crippen LogP contribution in [0.25, 0.3) is 0 Å². The summed E-state index contributed by atoms with van der Waals surface area (Å²) in [5.41, 5.74) is 5.69. The summed E-state index contributed by atoms with van der Waals surface area (Å²) in [4.78, 5) is 13.7. The molecule has 1 aromatic rings. The van der Waals surface area contributed by atoms with Gasteiger partial charge in [0.1, 0.15) is 11.6 Å². The molecule has 1 aliphatic heterocycles. The zero-order valence-electron chi connectivity index (χ0n) is 9.40. The molecule has 0 bridgehead atoms. The monoisotopic (exact) mass is 238 g/mol. The number of amides is 1. The Hall–Kier alpha value is -1.62. The van der Waals surface area contributed by atoms with Gasteiger partial charge in [0.15, 0.2) is 0 Å². The highest BCUT2D eigenvalue weighted by molar-refractivity contribution is 5.96. The van der Waals surface area contributed by atoms with Crippen LogP contribution in [-0.2, 0) is 0 Å². The first-order valence-corrected chi connectivity index (χ1v) is 5.59. The van der Waals surface area contributed by atoms with E-state index >= 15 is 0 Å². The fourth-order valence-corrected chi connectivity index (χ4v) is 2.07. The number of rotatable bonds is 2. The maximum atomic E-state index is 12.8. The first-order chi connectivity index (χ1) is 8.11. The molecule has 0 aromatic heterocycles. The number of hydrogen-bond acceptors (Lipinski definition) is 3. The van der Waals surface area contributed by atoms with Gasteiger partial charge in [-0.15, -0.1) is 0 Å². The third-order valence-corrected chi connectivity index (χ3v) is 3.10. The second kappa shape index (κ2) is 4.71. The topological polar surface area (TPSA) is 66.6 Å². The lowest BCUT2D eigenvalue weighted by Gasteiger charge is -2.16. The van der Waals surface area contributed by atoms with Crippen LogP contribution in [-0.4, -0.2) is 35.5 Å². The zero-order valence-corrected chi connectivity index (χ0v) is 9.40. The zero-order chi connectivity index (χ0) is 12.4. The molecular weight excluding hydrogens is 223 g/mol. The number of phenols is 1. The summed E-state index contributed by atoms with van der Waals surface area (Å²) >= 11 is 0. The van der Waals surface area contributed by atoms with Crippen molar-refractivity contribution in [2.75, 3.05) is 19.6 Å². The van der Waals surface area contributed by atoms with E-state index in [4.69, 9.17) is 5.73 Å². The van der Waals surface area contributed by atoms with Gasteiger partial charge in [0.25, 0.3) is 5.91 Å². The van der Waals surface area contributed by atoms with E-state index in [9.17, 15) is 14.3 Å². The van der Waals surface area contributed by atoms with Crippen molar-refractivity contribution in [3.05, 3.63) is 29.6 Å². The van der Waals surface area contributed by atoms with Crippen molar-refractivity contribution in [1.82, 2.24) is 4.90 Å².